The minimum Gasteiger partial charge on any atom is -0.482 e. The van der Waals surface area contributed by atoms with Gasteiger partial charge in [-0.25, -0.2) is 10.4 Å². The van der Waals surface area contributed by atoms with Crippen molar-refractivity contribution in [2.45, 2.75) is 18.6 Å². The molecule has 3 aromatic rings. The Balaban J connectivity index is 1.89. The Labute approximate surface area is 185 Å². The van der Waals surface area contributed by atoms with Crippen LogP contribution in [-0.4, -0.2) is 34.2 Å². The Bertz CT molecular complexity index is 1090. The van der Waals surface area contributed by atoms with Crippen LogP contribution < -0.4 is 11.0 Å². The number of aromatic nitrogens is 2. The molecule has 0 bridgehead atoms. The highest BCUT2D eigenvalue weighted by Crippen LogP contribution is 2.20. The van der Waals surface area contributed by atoms with Gasteiger partial charge in [0.15, 0.2) is 11.6 Å². The Morgan fingerprint density at radius 1 is 1.31 bits per heavy atom. The third-order valence-corrected chi connectivity index (χ3v) is 5.53. The Kier molecular flexibility index (Phi) is 7.64. The molecule has 1 amide bonds. The van der Waals surface area contributed by atoms with E-state index in [2.05, 4.69) is 38.1 Å². The van der Waals surface area contributed by atoms with Gasteiger partial charge in [-0.1, -0.05) is 42.1 Å². The molecule has 0 unspecified atom stereocenters. The molecule has 150 valence electrons. The number of benzene rings is 2. The van der Waals surface area contributed by atoms with Gasteiger partial charge in [0.25, 0.3) is 11.5 Å². The maximum Gasteiger partial charge on any atom is 0.262 e. The highest BCUT2D eigenvalue weighted by Gasteiger charge is 2.14. The smallest absolute Gasteiger partial charge is 0.262 e. The van der Waals surface area contributed by atoms with Crippen molar-refractivity contribution < 1.29 is 9.53 Å². The first-order valence-corrected chi connectivity index (χ1v) is 10.9. The fourth-order valence-electron chi connectivity index (χ4n) is 2.56. The van der Waals surface area contributed by atoms with Crippen molar-refractivity contribution >= 4 is 57.6 Å². The molecular formula is C20H19IN4O3S. The Morgan fingerprint density at radius 3 is 2.86 bits per heavy atom. The summed E-state index contributed by atoms with van der Waals surface area (Å²) >= 11 is 3.37. The van der Waals surface area contributed by atoms with E-state index in [-0.39, 0.29) is 17.2 Å². The molecule has 9 heteroatoms. The second kappa shape index (κ2) is 10.4. The summed E-state index contributed by atoms with van der Waals surface area (Å²) in [6.45, 7) is 2.67. The third kappa shape index (κ3) is 5.80. The molecule has 1 heterocycles. The van der Waals surface area contributed by atoms with Crippen LogP contribution in [0.2, 0.25) is 0 Å². The fraction of sp³-hybridized carbons (Fsp3) is 0.200. The molecule has 0 saturated carbocycles. The molecule has 0 saturated heterocycles. The predicted molar refractivity (Wildman–Crippen MR) is 123 cm³/mol. The zero-order chi connectivity index (χ0) is 20.6. The lowest BCUT2D eigenvalue weighted by Crippen LogP contribution is -2.25. The molecule has 1 N–H and O–H groups in total. The number of hydrogen-bond acceptors (Lipinski definition) is 6. The van der Waals surface area contributed by atoms with Crippen molar-refractivity contribution in [3.63, 3.8) is 0 Å². The molecule has 7 nitrogen and oxygen atoms in total. The first-order valence-electron chi connectivity index (χ1n) is 8.87. The van der Waals surface area contributed by atoms with E-state index in [0.717, 1.165) is 9.13 Å². The number of hydrogen-bond donors (Lipinski definition) is 1. The van der Waals surface area contributed by atoms with Crippen LogP contribution in [-0.2, 0) is 16.1 Å². The van der Waals surface area contributed by atoms with Crippen LogP contribution in [0.3, 0.4) is 0 Å². The summed E-state index contributed by atoms with van der Waals surface area (Å²) in [7, 11) is 0. The predicted octanol–water partition coefficient (Wildman–Crippen LogP) is 3.24. The van der Waals surface area contributed by atoms with Crippen LogP contribution in [0, 0.1) is 3.57 Å². The second-order valence-corrected chi connectivity index (χ2v) is 8.13. The minimum absolute atomic E-state index is 0.0700. The van der Waals surface area contributed by atoms with Gasteiger partial charge in [0.1, 0.15) is 0 Å². The van der Waals surface area contributed by atoms with Gasteiger partial charge in [-0.15, -0.1) is 5.10 Å². The van der Waals surface area contributed by atoms with E-state index in [9.17, 15) is 9.59 Å². The Hall–Kier alpha value is -2.40. The van der Waals surface area contributed by atoms with Gasteiger partial charge in [0, 0.05) is 3.57 Å². The molecule has 0 aliphatic rings. The van der Waals surface area contributed by atoms with Crippen molar-refractivity contribution in [2.24, 2.45) is 5.10 Å². The van der Waals surface area contributed by atoms with E-state index in [1.807, 2.05) is 55.5 Å². The minimum atomic E-state index is -0.311. The molecule has 0 atom stereocenters. The van der Waals surface area contributed by atoms with E-state index in [1.165, 1.54) is 18.2 Å². The quantitative estimate of drug-likeness (QED) is 0.123. The lowest BCUT2D eigenvalue weighted by molar-refractivity contribution is -0.118. The van der Waals surface area contributed by atoms with Gasteiger partial charge < -0.3 is 4.74 Å². The monoisotopic (exact) mass is 522 g/mol. The maximum absolute atomic E-state index is 13.2. The average molecular weight is 522 g/mol. The topological polar surface area (TPSA) is 85.6 Å². The van der Waals surface area contributed by atoms with Crippen LogP contribution in [0.25, 0.3) is 10.9 Å². The molecule has 1 aromatic heterocycles. The number of halogens is 1. The van der Waals surface area contributed by atoms with Crippen molar-refractivity contribution in [3.05, 3.63) is 68.0 Å². The van der Waals surface area contributed by atoms with E-state index >= 15 is 0 Å². The summed E-state index contributed by atoms with van der Waals surface area (Å²) in [4.78, 5) is 29.8. The largest absolute Gasteiger partial charge is 0.482 e. The number of thioether (sulfide) groups is 1. The van der Waals surface area contributed by atoms with Crippen LogP contribution in [0.4, 0.5) is 0 Å². The van der Waals surface area contributed by atoms with Crippen LogP contribution in [0.5, 0.6) is 0 Å². The van der Waals surface area contributed by atoms with Crippen molar-refractivity contribution in [3.8, 4) is 0 Å². The summed E-state index contributed by atoms with van der Waals surface area (Å²) in [6, 6.07) is 15.2. The molecule has 0 radical (unpaired) electrons. The number of amides is 1. The van der Waals surface area contributed by atoms with Gasteiger partial charge in [-0.05, 0) is 53.3 Å². The molecule has 0 spiro atoms. The first kappa shape index (κ1) is 21.3. The van der Waals surface area contributed by atoms with E-state index in [1.54, 1.807) is 4.57 Å². The maximum atomic E-state index is 13.2. The number of ether oxygens (including phenoxy) is 1. The molecule has 0 aliphatic heterocycles. The average Bonchev–Trinajstić information content (AvgIpc) is 2.73. The number of hydrazone groups is 1. The van der Waals surface area contributed by atoms with Crippen LogP contribution in [0.1, 0.15) is 12.5 Å². The summed E-state index contributed by atoms with van der Waals surface area (Å²) in [6.07, 6.45) is 1.18. The number of fused-ring (bicyclic) bond motifs is 1. The third-order valence-electron chi connectivity index (χ3n) is 3.88. The molecule has 29 heavy (non-hydrogen) atoms. The number of nitrogens with one attached hydrogen (secondary N) is 1. The highest BCUT2D eigenvalue weighted by atomic mass is 127. The summed E-state index contributed by atoms with van der Waals surface area (Å²) < 4.78 is 7.51. The van der Waals surface area contributed by atoms with Gasteiger partial charge in [0.05, 0.1) is 29.8 Å². The molecule has 3 rings (SSSR count). The van der Waals surface area contributed by atoms with Gasteiger partial charge in [-0.3, -0.25) is 14.2 Å². The van der Waals surface area contributed by atoms with Crippen molar-refractivity contribution in [1.82, 2.24) is 15.0 Å². The van der Waals surface area contributed by atoms with E-state index in [0.29, 0.717) is 29.2 Å². The second-order valence-electron chi connectivity index (χ2n) is 5.95. The van der Waals surface area contributed by atoms with Gasteiger partial charge >= 0.3 is 0 Å². The van der Waals surface area contributed by atoms with Gasteiger partial charge in [-0.2, -0.15) is 0 Å². The normalized spacial score (nSPS) is 11.1. The zero-order valence-electron chi connectivity index (χ0n) is 15.7. The highest BCUT2D eigenvalue weighted by molar-refractivity contribution is 14.1. The summed E-state index contributed by atoms with van der Waals surface area (Å²) in [5.74, 6) is -0.241. The zero-order valence-corrected chi connectivity index (χ0v) is 18.6. The number of carbonyl (C=O) groups excluding carboxylic acids is 1. The fourth-order valence-corrected chi connectivity index (χ4v) is 3.84. The van der Waals surface area contributed by atoms with Crippen LogP contribution >= 0.6 is 34.4 Å². The summed E-state index contributed by atoms with van der Waals surface area (Å²) in [5, 5.41) is 4.73. The van der Waals surface area contributed by atoms with Gasteiger partial charge in [0.2, 0.25) is 0 Å². The SMILES string of the molecule is CCO/C=N/NC(=O)CSc1nc2ccc(I)cc2c(=O)n1Cc1ccccc1. The Morgan fingerprint density at radius 2 is 2.10 bits per heavy atom. The molecular weight excluding hydrogens is 503 g/mol. The van der Waals surface area contributed by atoms with E-state index in [4.69, 9.17) is 4.74 Å². The van der Waals surface area contributed by atoms with Crippen LogP contribution in [0.15, 0.2) is 63.6 Å². The molecule has 0 fully saturated rings. The lowest BCUT2D eigenvalue weighted by Gasteiger charge is -2.13. The molecule has 2 aromatic carbocycles. The number of nitrogens with zero attached hydrogens (tertiary/aromatic N) is 3. The number of rotatable bonds is 8. The number of carbonyl (C=O) groups is 1. The van der Waals surface area contributed by atoms with Crippen molar-refractivity contribution in [1.29, 1.82) is 0 Å². The van der Waals surface area contributed by atoms with Crippen molar-refractivity contribution in [2.75, 3.05) is 12.4 Å². The lowest BCUT2D eigenvalue weighted by atomic mass is 10.2. The van der Waals surface area contributed by atoms with E-state index < -0.39 is 0 Å². The summed E-state index contributed by atoms with van der Waals surface area (Å²) in [5.41, 5.74) is 3.84. The standard InChI is InChI=1S/C20H19IN4O3S/c1-2-28-13-22-24-18(26)12-29-20-23-17-9-8-15(21)10-16(17)19(27)25(20)11-14-6-4-3-5-7-14/h3-10,13H,2,11-12H2,1H3,(H,24,26)/b22-13+. The molecule has 0 aliphatic carbocycles. The first-order chi connectivity index (χ1) is 14.1.